The smallest absolute Gasteiger partial charge is 0.227 e. The molecule has 3 aromatic rings. The lowest BCUT2D eigenvalue weighted by atomic mass is 10.2. The van der Waals surface area contributed by atoms with Crippen molar-refractivity contribution in [3.8, 4) is 23.0 Å². The molecule has 1 aromatic heterocycles. The molecule has 0 spiro atoms. The molecule has 21 heavy (non-hydrogen) atoms. The van der Waals surface area contributed by atoms with Crippen LogP contribution < -0.4 is 0 Å². The van der Waals surface area contributed by atoms with Gasteiger partial charge in [-0.1, -0.05) is 20.1 Å². The molecule has 0 aliphatic carbocycles. The number of rotatable bonds is 2. The Bertz CT molecular complexity index is 824. The van der Waals surface area contributed by atoms with Crippen LogP contribution in [-0.4, -0.2) is 15.2 Å². The first-order valence-electron chi connectivity index (χ1n) is 5.83. The summed E-state index contributed by atoms with van der Waals surface area (Å²) in [5.41, 5.74) is 1.90. The minimum Gasteiger partial charge on any atom is -0.508 e. The van der Waals surface area contributed by atoms with E-state index in [0.717, 1.165) is 6.07 Å². The monoisotopic (exact) mass is 287 g/mol. The highest BCUT2D eigenvalue weighted by atomic mass is 19.1. The third-order valence-corrected chi connectivity index (χ3v) is 2.92. The van der Waals surface area contributed by atoms with E-state index >= 15 is 0 Å². The fourth-order valence-electron chi connectivity index (χ4n) is 1.96. The average Bonchev–Trinajstić information content (AvgIpc) is 2.84. The summed E-state index contributed by atoms with van der Waals surface area (Å²) < 4.78 is 18.9. The standard InChI is InChI=1S/C15H10FNO3.CH4/c1-2-8-5-10(18)7-12-14(8)20-15(17-12)9-3-4-13(19)11(16)6-9;/h2-7,18-19H,1H2;1H4. The first kappa shape index (κ1) is 14.6. The number of halogens is 1. The number of oxazole rings is 1. The topological polar surface area (TPSA) is 66.5 Å². The van der Waals surface area contributed by atoms with E-state index in [2.05, 4.69) is 11.6 Å². The van der Waals surface area contributed by atoms with Crippen molar-refractivity contribution >= 4 is 17.2 Å². The van der Waals surface area contributed by atoms with Gasteiger partial charge in [0, 0.05) is 17.2 Å². The fourth-order valence-corrected chi connectivity index (χ4v) is 1.96. The normalized spacial score (nSPS) is 10.3. The minimum absolute atomic E-state index is 0. The molecule has 0 unspecified atom stereocenters. The number of phenols is 2. The Kier molecular flexibility index (Phi) is 3.67. The number of hydrogen-bond donors (Lipinski definition) is 2. The van der Waals surface area contributed by atoms with Gasteiger partial charge in [-0.25, -0.2) is 9.37 Å². The van der Waals surface area contributed by atoms with Crippen molar-refractivity contribution in [2.75, 3.05) is 0 Å². The van der Waals surface area contributed by atoms with Gasteiger partial charge in [0.1, 0.15) is 11.3 Å². The fraction of sp³-hybridized carbons (Fsp3) is 0.0625. The van der Waals surface area contributed by atoms with Gasteiger partial charge in [0.05, 0.1) is 0 Å². The van der Waals surface area contributed by atoms with E-state index in [9.17, 15) is 14.6 Å². The third-order valence-electron chi connectivity index (χ3n) is 2.92. The molecule has 0 fully saturated rings. The van der Waals surface area contributed by atoms with Crippen LogP contribution in [0.4, 0.5) is 4.39 Å². The lowest BCUT2D eigenvalue weighted by molar-refractivity contribution is 0.432. The molecule has 4 nitrogen and oxygen atoms in total. The summed E-state index contributed by atoms with van der Waals surface area (Å²) in [6.45, 7) is 3.64. The summed E-state index contributed by atoms with van der Waals surface area (Å²) in [6, 6.07) is 6.81. The molecule has 0 radical (unpaired) electrons. The van der Waals surface area contributed by atoms with Gasteiger partial charge in [-0.05, 0) is 24.3 Å². The predicted octanol–water partition coefficient (Wildman–Crippen LogP) is 4.32. The number of fused-ring (bicyclic) bond motifs is 1. The summed E-state index contributed by atoms with van der Waals surface area (Å²) in [5.74, 6) is -0.942. The molecule has 0 saturated carbocycles. The van der Waals surface area contributed by atoms with Gasteiger partial charge in [0.25, 0.3) is 0 Å². The summed E-state index contributed by atoms with van der Waals surface area (Å²) >= 11 is 0. The maximum atomic E-state index is 13.4. The molecule has 0 atom stereocenters. The number of phenolic OH excluding ortho intramolecular Hbond substituents is 2. The summed E-state index contributed by atoms with van der Waals surface area (Å²) in [7, 11) is 0. The van der Waals surface area contributed by atoms with Crippen LogP contribution in [0.5, 0.6) is 11.5 Å². The van der Waals surface area contributed by atoms with Crippen molar-refractivity contribution in [3.05, 3.63) is 48.3 Å². The first-order valence-corrected chi connectivity index (χ1v) is 5.83. The van der Waals surface area contributed by atoms with Crippen LogP contribution in [0.2, 0.25) is 0 Å². The van der Waals surface area contributed by atoms with Crippen LogP contribution in [0, 0.1) is 5.82 Å². The SMILES string of the molecule is C.C=Cc1cc(O)cc2nc(-c3ccc(O)c(F)c3)oc12. The summed E-state index contributed by atoms with van der Waals surface area (Å²) in [5, 5.41) is 18.8. The highest BCUT2D eigenvalue weighted by Gasteiger charge is 2.13. The van der Waals surface area contributed by atoms with Crippen molar-refractivity contribution < 1.29 is 19.0 Å². The minimum atomic E-state index is -0.753. The van der Waals surface area contributed by atoms with E-state index in [1.807, 2.05) is 0 Å². The molecular weight excluding hydrogens is 273 g/mol. The molecule has 0 aliphatic rings. The zero-order chi connectivity index (χ0) is 14.3. The summed E-state index contributed by atoms with van der Waals surface area (Å²) in [6.07, 6.45) is 1.54. The van der Waals surface area contributed by atoms with Crippen molar-refractivity contribution in [1.82, 2.24) is 4.98 Å². The largest absolute Gasteiger partial charge is 0.508 e. The van der Waals surface area contributed by atoms with E-state index in [-0.39, 0.29) is 19.1 Å². The van der Waals surface area contributed by atoms with Gasteiger partial charge in [0.2, 0.25) is 5.89 Å². The van der Waals surface area contributed by atoms with Gasteiger partial charge in [-0.15, -0.1) is 0 Å². The highest BCUT2D eigenvalue weighted by Crippen LogP contribution is 2.31. The molecule has 5 heteroatoms. The first-order chi connectivity index (χ1) is 9.58. The van der Waals surface area contributed by atoms with Crippen LogP contribution in [0.15, 0.2) is 41.3 Å². The zero-order valence-electron chi connectivity index (χ0n) is 10.3. The second-order valence-corrected chi connectivity index (χ2v) is 4.27. The number of aromatic nitrogens is 1. The van der Waals surface area contributed by atoms with E-state index in [1.165, 1.54) is 30.3 Å². The zero-order valence-corrected chi connectivity index (χ0v) is 10.3. The maximum absolute atomic E-state index is 13.4. The number of nitrogens with zero attached hydrogens (tertiary/aromatic N) is 1. The molecular formula is C16H14FNO3. The molecule has 3 rings (SSSR count). The Hall–Kier alpha value is -2.82. The molecule has 0 aliphatic heterocycles. The molecule has 0 saturated heterocycles. The average molecular weight is 287 g/mol. The summed E-state index contributed by atoms with van der Waals surface area (Å²) in [4.78, 5) is 4.20. The van der Waals surface area contributed by atoms with Gasteiger partial charge in [-0.2, -0.15) is 0 Å². The molecule has 2 N–H and O–H groups in total. The lowest BCUT2D eigenvalue weighted by Crippen LogP contribution is -1.80. The van der Waals surface area contributed by atoms with E-state index in [1.54, 1.807) is 0 Å². The van der Waals surface area contributed by atoms with E-state index < -0.39 is 11.6 Å². The second-order valence-electron chi connectivity index (χ2n) is 4.27. The quantitative estimate of drug-likeness (QED) is 0.736. The van der Waals surface area contributed by atoms with Crippen LogP contribution in [0.3, 0.4) is 0 Å². The van der Waals surface area contributed by atoms with Crippen LogP contribution >= 0.6 is 0 Å². The van der Waals surface area contributed by atoms with Crippen LogP contribution in [0.25, 0.3) is 28.6 Å². The van der Waals surface area contributed by atoms with Gasteiger partial charge >= 0.3 is 0 Å². The van der Waals surface area contributed by atoms with E-state index in [0.29, 0.717) is 22.2 Å². The molecule has 2 aromatic carbocycles. The number of benzene rings is 2. The van der Waals surface area contributed by atoms with Crippen LogP contribution in [0.1, 0.15) is 13.0 Å². The van der Waals surface area contributed by atoms with Gasteiger partial charge < -0.3 is 14.6 Å². The second kappa shape index (κ2) is 5.28. The Morgan fingerprint density at radius 3 is 2.62 bits per heavy atom. The Labute approximate surface area is 120 Å². The van der Waals surface area contributed by atoms with Crippen molar-refractivity contribution in [3.63, 3.8) is 0 Å². The van der Waals surface area contributed by atoms with Crippen molar-refractivity contribution in [1.29, 1.82) is 0 Å². The van der Waals surface area contributed by atoms with E-state index in [4.69, 9.17) is 4.42 Å². The van der Waals surface area contributed by atoms with Crippen LogP contribution in [-0.2, 0) is 0 Å². The Balaban J connectivity index is 0.00000161. The Morgan fingerprint density at radius 2 is 1.95 bits per heavy atom. The highest BCUT2D eigenvalue weighted by molar-refractivity contribution is 5.86. The molecule has 0 amide bonds. The van der Waals surface area contributed by atoms with Gasteiger partial charge in [0.15, 0.2) is 17.1 Å². The number of hydrogen-bond acceptors (Lipinski definition) is 4. The van der Waals surface area contributed by atoms with Crippen molar-refractivity contribution in [2.45, 2.75) is 7.43 Å². The molecule has 108 valence electrons. The predicted molar refractivity (Wildman–Crippen MR) is 79.6 cm³/mol. The van der Waals surface area contributed by atoms with Crippen molar-refractivity contribution in [2.24, 2.45) is 0 Å². The molecule has 1 heterocycles. The third kappa shape index (κ3) is 2.45. The van der Waals surface area contributed by atoms with Gasteiger partial charge in [-0.3, -0.25) is 0 Å². The molecule has 0 bridgehead atoms. The Morgan fingerprint density at radius 1 is 1.19 bits per heavy atom. The maximum Gasteiger partial charge on any atom is 0.227 e. The number of aromatic hydroxyl groups is 2. The lowest BCUT2D eigenvalue weighted by Gasteiger charge is -1.97.